The molecule has 0 bridgehead atoms. The Labute approximate surface area is 186 Å². The van der Waals surface area contributed by atoms with Gasteiger partial charge in [0.15, 0.2) is 50.1 Å². The molecule has 13 heteroatoms. The third-order valence-corrected chi connectivity index (χ3v) is 7.23. The molecule has 0 amide bonds. The zero-order chi connectivity index (χ0) is 24.0. The van der Waals surface area contributed by atoms with Crippen LogP contribution in [0, 0.1) is 58.2 Å². The number of hydrogen-bond donors (Lipinski definition) is 0. The van der Waals surface area contributed by atoms with Crippen molar-refractivity contribution in [3.05, 3.63) is 94.1 Å². The Morgan fingerprint density at radius 3 is 1.06 bits per heavy atom. The molecule has 0 fully saturated rings. The molecule has 0 aliphatic rings. The lowest BCUT2D eigenvalue weighted by atomic mass is 10.2. The minimum atomic E-state index is -2.54. The van der Waals surface area contributed by atoms with Crippen molar-refractivity contribution < 1.29 is 43.9 Å². The van der Waals surface area contributed by atoms with Gasteiger partial charge >= 0.3 is 0 Å². The van der Waals surface area contributed by atoms with Gasteiger partial charge in [-0.1, -0.05) is 65.5 Å². The average molecular weight is 523 g/mol. The van der Waals surface area contributed by atoms with Crippen molar-refractivity contribution in [2.45, 2.75) is 13.3 Å². The monoisotopic (exact) mass is 522 g/mol. The molecule has 0 radical (unpaired) electrons. The molecule has 32 heavy (non-hydrogen) atoms. The molecule has 0 aliphatic carbocycles. The maximum absolute atomic E-state index is 14.2. The lowest BCUT2D eigenvalue weighted by Gasteiger charge is -2.27. The standard InChI is InChI=1S/C19H5ClF10S2/c20-19(6-4-2-1-3-5-6,31-17-13(27)9(23)7(21)10(24)14(17)28)32-18-15(29)11(25)8(22)12(26)16(18)30/h1-5H. The smallest absolute Gasteiger partial charge is 0.200 e. The van der Waals surface area contributed by atoms with E-state index in [1.54, 1.807) is 0 Å². The van der Waals surface area contributed by atoms with Crippen LogP contribution in [0.1, 0.15) is 5.56 Å². The molecule has 0 nitrogen and oxygen atoms in total. The number of alkyl halides is 1. The highest BCUT2D eigenvalue weighted by Crippen LogP contribution is 2.58. The topological polar surface area (TPSA) is 0 Å². The van der Waals surface area contributed by atoms with Gasteiger partial charge in [-0.2, -0.15) is 0 Å². The maximum Gasteiger partial charge on any atom is 0.200 e. The molecule has 0 aromatic heterocycles. The summed E-state index contributed by atoms with van der Waals surface area (Å²) >= 11 is 5.74. The van der Waals surface area contributed by atoms with E-state index in [0.717, 1.165) is 12.1 Å². The van der Waals surface area contributed by atoms with Crippen LogP contribution in [0.4, 0.5) is 43.9 Å². The second-order valence-corrected chi connectivity index (χ2v) is 9.63. The summed E-state index contributed by atoms with van der Waals surface area (Å²) in [6.45, 7) is 0. The third kappa shape index (κ3) is 4.15. The lowest BCUT2D eigenvalue weighted by Crippen LogP contribution is -2.14. The summed E-state index contributed by atoms with van der Waals surface area (Å²) in [5.41, 5.74) is -0.218. The van der Waals surface area contributed by atoms with Crippen molar-refractivity contribution in [3.63, 3.8) is 0 Å². The predicted molar refractivity (Wildman–Crippen MR) is 98.2 cm³/mol. The molecule has 3 aromatic carbocycles. The second kappa shape index (κ2) is 9.06. The van der Waals surface area contributed by atoms with Crippen LogP contribution in [0.5, 0.6) is 0 Å². The highest BCUT2D eigenvalue weighted by molar-refractivity contribution is 8.19. The van der Waals surface area contributed by atoms with Gasteiger partial charge in [0.1, 0.15) is 0 Å². The normalized spacial score (nSPS) is 11.8. The largest absolute Gasteiger partial charge is 0.202 e. The highest BCUT2D eigenvalue weighted by Gasteiger charge is 2.40. The summed E-state index contributed by atoms with van der Waals surface area (Å²) in [6, 6.07) is 6.30. The van der Waals surface area contributed by atoms with Crippen LogP contribution in [0.15, 0.2) is 40.1 Å². The molecule has 0 aliphatic heterocycles. The summed E-state index contributed by atoms with van der Waals surface area (Å²) in [4.78, 5) is -3.06. The second-order valence-electron chi connectivity index (χ2n) is 5.90. The Balaban J connectivity index is 2.23. The van der Waals surface area contributed by atoms with Crippen LogP contribution in [0.3, 0.4) is 0 Å². The molecular formula is C19H5ClF10S2. The van der Waals surface area contributed by atoms with Crippen LogP contribution in [-0.2, 0) is 3.54 Å². The van der Waals surface area contributed by atoms with Gasteiger partial charge in [-0.25, -0.2) is 43.9 Å². The minimum absolute atomic E-state index is 0.218. The fraction of sp³-hybridized carbons (Fsp3) is 0.0526. The SMILES string of the molecule is Fc1c(F)c(F)c(SC(Cl)(Sc2c(F)c(F)c(F)c(F)c2F)c2ccccc2)c(F)c1F. The molecule has 0 saturated carbocycles. The zero-order valence-electron chi connectivity index (χ0n) is 14.9. The minimum Gasteiger partial charge on any atom is -0.202 e. The quantitative estimate of drug-likeness (QED) is 0.0831. The first kappa shape index (κ1) is 24.6. The highest BCUT2D eigenvalue weighted by atomic mass is 35.5. The van der Waals surface area contributed by atoms with Gasteiger partial charge in [-0.05, 0) is 5.56 Å². The molecule has 0 heterocycles. The molecular weight excluding hydrogens is 518 g/mol. The van der Waals surface area contributed by atoms with Gasteiger partial charge in [0.25, 0.3) is 0 Å². The summed E-state index contributed by atoms with van der Waals surface area (Å²) < 4.78 is 135. The van der Waals surface area contributed by atoms with E-state index in [-0.39, 0.29) is 29.1 Å². The molecule has 0 spiro atoms. The van der Waals surface area contributed by atoms with Crippen LogP contribution in [0.25, 0.3) is 0 Å². The van der Waals surface area contributed by atoms with Crippen LogP contribution in [0.2, 0.25) is 0 Å². The van der Waals surface area contributed by atoms with Gasteiger partial charge in [-0.3, -0.25) is 0 Å². The molecule has 0 saturated heterocycles. The zero-order valence-corrected chi connectivity index (χ0v) is 17.2. The van der Waals surface area contributed by atoms with E-state index in [1.807, 2.05) is 0 Å². The molecule has 3 aromatic rings. The third-order valence-electron chi connectivity index (χ3n) is 3.92. The summed E-state index contributed by atoms with van der Waals surface area (Å²) in [7, 11) is 0. The van der Waals surface area contributed by atoms with Crippen molar-refractivity contribution in [1.29, 1.82) is 0 Å². The number of halogens is 11. The Morgan fingerprint density at radius 1 is 0.469 bits per heavy atom. The van der Waals surface area contributed by atoms with E-state index in [9.17, 15) is 43.9 Å². The lowest BCUT2D eigenvalue weighted by molar-refractivity contribution is 0.360. The predicted octanol–water partition coefficient (Wildman–Crippen LogP) is 8.01. The van der Waals surface area contributed by atoms with Crippen LogP contribution in [-0.4, -0.2) is 0 Å². The van der Waals surface area contributed by atoms with Crippen molar-refractivity contribution in [2.24, 2.45) is 0 Å². The van der Waals surface area contributed by atoms with E-state index in [1.165, 1.54) is 18.2 Å². The van der Waals surface area contributed by atoms with Gasteiger partial charge in [-0.15, -0.1) is 0 Å². The molecule has 0 N–H and O–H groups in total. The Kier molecular flexibility index (Phi) is 6.97. The Morgan fingerprint density at radius 2 is 0.750 bits per heavy atom. The fourth-order valence-electron chi connectivity index (χ4n) is 2.39. The first-order valence-corrected chi connectivity index (χ1v) is 10.1. The molecule has 3 rings (SSSR count). The summed E-state index contributed by atoms with van der Waals surface area (Å²) in [6.07, 6.45) is 0. The first-order valence-electron chi connectivity index (χ1n) is 8.06. The van der Waals surface area contributed by atoms with E-state index >= 15 is 0 Å². The van der Waals surface area contributed by atoms with Crippen LogP contribution >= 0.6 is 35.1 Å². The van der Waals surface area contributed by atoms with Gasteiger partial charge in [0.2, 0.25) is 11.6 Å². The van der Waals surface area contributed by atoms with E-state index in [4.69, 9.17) is 11.6 Å². The number of hydrogen-bond acceptors (Lipinski definition) is 2. The first-order chi connectivity index (χ1) is 14.9. The van der Waals surface area contributed by atoms with Gasteiger partial charge in [0.05, 0.1) is 9.79 Å². The van der Waals surface area contributed by atoms with Crippen molar-refractivity contribution in [3.8, 4) is 0 Å². The van der Waals surface area contributed by atoms with Crippen molar-refractivity contribution >= 4 is 35.1 Å². The van der Waals surface area contributed by atoms with Gasteiger partial charge < -0.3 is 0 Å². The van der Waals surface area contributed by atoms with Crippen molar-refractivity contribution in [2.75, 3.05) is 0 Å². The van der Waals surface area contributed by atoms with E-state index < -0.39 is 71.5 Å². The fourth-order valence-corrected chi connectivity index (χ4v) is 5.39. The molecule has 0 unspecified atom stereocenters. The number of rotatable bonds is 5. The molecule has 0 atom stereocenters. The maximum atomic E-state index is 14.2. The van der Waals surface area contributed by atoms with Crippen LogP contribution < -0.4 is 0 Å². The van der Waals surface area contributed by atoms with Gasteiger partial charge in [0, 0.05) is 0 Å². The van der Waals surface area contributed by atoms with E-state index in [2.05, 4.69) is 0 Å². The molecule has 170 valence electrons. The van der Waals surface area contributed by atoms with Crippen molar-refractivity contribution in [1.82, 2.24) is 0 Å². The average Bonchev–Trinajstić information content (AvgIpc) is 2.80. The Hall–Kier alpha value is -2.05. The number of thioether (sulfide) groups is 2. The van der Waals surface area contributed by atoms with E-state index in [0.29, 0.717) is 0 Å². The summed E-state index contributed by atoms with van der Waals surface area (Å²) in [5.74, 6) is -23.4. The Bertz CT molecular complexity index is 1070. The summed E-state index contributed by atoms with van der Waals surface area (Å²) in [5, 5.41) is 0. The number of benzene rings is 3.